The van der Waals surface area contributed by atoms with E-state index in [-0.39, 0.29) is 10.6 Å². The minimum atomic E-state index is -3.59. The number of aromatic nitrogens is 1. The van der Waals surface area contributed by atoms with Crippen molar-refractivity contribution in [1.82, 2.24) is 8.87 Å². The van der Waals surface area contributed by atoms with Gasteiger partial charge in [0.2, 0.25) is 10.0 Å². The van der Waals surface area contributed by atoms with Crippen molar-refractivity contribution in [2.75, 3.05) is 26.3 Å². The van der Waals surface area contributed by atoms with Crippen LogP contribution in [-0.4, -0.2) is 48.5 Å². The summed E-state index contributed by atoms with van der Waals surface area (Å²) in [6.07, 6.45) is 0. The van der Waals surface area contributed by atoms with Gasteiger partial charge in [-0.15, -0.1) is 11.3 Å². The van der Waals surface area contributed by atoms with Crippen molar-refractivity contribution in [2.24, 2.45) is 4.99 Å². The molecule has 0 N–H and O–H groups in total. The fraction of sp³-hybridized carbons (Fsp3) is 0.192. The van der Waals surface area contributed by atoms with Gasteiger partial charge < -0.3 is 9.30 Å². The lowest BCUT2D eigenvalue weighted by Gasteiger charge is -2.26. The lowest BCUT2D eigenvalue weighted by atomic mass is 10.1. The van der Waals surface area contributed by atoms with Crippen molar-refractivity contribution in [1.29, 1.82) is 0 Å². The molecule has 37 heavy (non-hydrogen) atoms. The Kier molecular flexibility index (Phi) is 7.28. The molecule has 11 heteroatoms. The number of sulfonamides is 1. The van der Waals surface area contributed by atoms with Crippen LogP contribution in [0, 0.1) is 10.1 Å². The molecule has 4 aromatic rings. The molecule has 1 fully saturated rings. The Labute approximate surface area is 218 Å². The summed E-state index contributed by atoms with van der Waals surface area (Å²) < 4.78 is 34.6. The van der Waals surface area contributed by atoms with E-state index in [1.807, 2.05) is 46.3 Å². The van der Waals surface area contributed by atoms with E-state index < -0.39 is 14.9 Å². The van der Waals surface area contributed by atoms with E-state index in [1.165, 1.54) is 21.7 Å². The molecule has 0 spiro atoms. The second-order valence-corrected chi connectivity index (χ2v) is 11.2. The first kappa shape index (κ1) is 25.0. The lowest BCUT2D eigenvalue weighted by Crippen LogP contribution is -2.40. The number of nitro groups is 1. The van der Waals surface area contributed by atoms with Crippen molar-refractivity contribution in [3.63, 3.8) is 0 Å². The maximum absolute atomic E-state index is 12.9. The molecule has 0 bridgehead atoms. The number of nitrogens with zero attached hydrogens (tertiary/aromatic N) is 4. The molecule has 190 valence electrons. The van der Waals surface area contributed by atoms with Crippen LogP contribution >= 0.6 is 11.3 Å². The molecule has 0 saturated carbocycles. The molecule has 0 aliphatic carbocycles. The van der Waals surface area contributed by atoms with E-state index in [0.29, 0.717) is 43.3 Å². The van der Waals surface area contributed by atoms with Crippen molar-refractivity contribution < 1.29 is 18.1 Å². The van der Waals surface area contributed by atoms with Gasteiger partial charge in [0, 0.05) is 36.2 Å². The Bertz CT molecular complexity index is 1570. The van der Waals surface area contributed by atoms with E-state index >= 15 is 0 Å². The van der Waals surface area contributed by atoms with Crippen molar-refractivity contribution in [3.05, 3.63) is 105 Å². The zero-order chi connectivity index (χ0) is 25.8. The summed E-state index contributed by atoms with van der Waals surface area (Å²) in [5.74, 6) is 0. The van der Waals surface area contributed by atoms with E-state index in [4.69, 9.17) is 9.73 Å². The second kappa shape index (κ2) is 10.8. The minimum Gasteiger partial charge on any atom is -0.379 e. The van der Waals surface area contributed by atoms with Crippen LogP contribution in [0.15, 0.2) is 94.1 Å². The third-order valence-corrected chi connectivity index (χ3v) is 8.78. The highest BCUT2D eigenvalue weighted by Gasteiger charge is 2.26. The second-order valence-electron chi connectivity index (χ2n) is 8.40. The zero-order valence-electron chi connectivity index (χ0n) is 19.8. The topological polar surface area (TPSA) is 107 Å². The molecule has 0 unspecified atom stereocenters. The molecular weight excluding hydrogens is 512 g/mol. The number of benzene rings is 3. The van der Waals surface area contributed by atoms with Gasteiger partial charge in [-0.25, -0.2) is 13.4 Å². The summed E-state index contributed by atoms with van der Waals surface area (Å²) in [6.45, 7) is 1.97. The Morgan fingerprint density at radius 2 is 1.70 bits per heavy atom. The van der Waals surface area contributed by atoms with Gasteiger partial charge in [0.05, 0.1) is 41.0 Å². The van der Waals surface area contributed by atoms with Gasteiger partial charge in [-0.1, -0.05) is 42.5 Å². The van der Waals surface area contributed by atoms with Crippen LogP contribution in [0.4, 0.5) is 11.4 Å². The first-order chi connectivity index (χ1) is 17.9. The Morgan fingerprint density at radius 3 is 2.41 bits per heavy atom. The van der Waals surface area contributed by atoms with E-state index in [9.17, 15) is 18.5 Å². The maximum atomic E-state index is 12.9. The summed E-state index contributed by atoms with van der Waals surface area (Å²) in [6, 6.07) is 22.9. The molecular formula is C26H24N4O5S2. The lowest BCUT2D eigenvalue weighted by molar-refractivity contribution is -0.384. The quantitative estimate of drug-likeness (QED) is 0.257. The smallest absolute Gasteiger partial charge is 0.270 e. The number of hydrogen-bond donors (Lipinski definition) is 0. The fourth-order valence-corrected chi connectivity index (χ4v) is 6.42. The van der Waals surface area contributed by atoms with Crippen LogP contribution in [0.2, 0.25) is 0 Å². The number of nitro benzene ring substituents is 1. The van der Waals surface area contributed by atoms with Crippen LogP contribution in [-0.2, 0) is 21.3 Å². The van der Waals surface area contributed by atoms with Gasteiger partial charge in [-0.3, -0.25) is 10.1 Å². The molecule has 1 aliphatic heterocycles. The van der Waals surface area contributed by atoms with Crippen LogP contribution in [0.25, 0.3) is 11.3 Å². The third-order valence-electron chi connectivity index (χ3n) is 6.00. The minimum absolute atomic E-state index is 0.0190. The van der Waals surface area contributed by atoms with Gasteiger partial charge in [-0.2, -0.15) is 4.31 Å². The predicted molar refractivity (Wildman–Crippen MR) is 141 cm³/mol. The van der Waals surface area contributed by atoms with Crippen LogP contribution in [0.3, 0.4) is 0 Å². The van der Waals surface area contributed by atoms with Gasteiger partial charge >= 0.3 is 0 Å². The number of ether oxygens (including phenoxy) is 1. The molecule has 1 saturated heterocycles. The number of rotatable bonds is 7. The normalized spacial score (nSPS) is 15.1. The highest BCUT2D eigenvalue weighted by Crippen LogP contribution is 2.26. The van der Waals surface area contributed by atoms with Gasteiger partial charge in [-0.05, 0) is 29.8 Å². The first-order valence-electron chi connectivity index (χ1n) is 11.6. The van der Waals surface area contributed by atoms with Crippen molar-refractivity contribution in [2.45, 2.75) is 11.4 Å². The summed E-state index contributed by atoms with van der Waals surface area (Å²) in [4.78, 5) is 16.6. The SMILES string of the molecule is O=[N+]([O-])c1cccc(-c2csc(=Nc3ccc(S(=O)(=O)N4CCOCC4)cc3)n2Cc2ccccc2)c1. The van der Waals surface area contributed by atoms with Crippen molar-refractivity contribution in [3.8, 4) is 11.3 Å². The standard InChI is InChI=1S/C26H24N4O5S2/c31-30(32)23-8-4-7-21(17-23)25-19-36-26(29(25)18-20-5-2-1-3-6-20)27-22-9-11-24(12-10-22)37(33,34)28-13-15-35-16-14-28/h1-12,17,19H,13-16,18H2. The van der Waals surface area contributed by atoms with Crippen LogP contribution in [0.5, 0.6) is 0 Å². The first-order valence-corrected chi connectivity index (χ1v) is 13.9. The van der Waals surface area contributed by atoms with E-state index in [2.05, 4.69) is 0 Å². The van der Waals surface area contributed by atoms with Gasteiger partial charge in [0.15, 0.2) is 4.80 Å². The van der Waals surface area contributed by atoms with E-state index in [1.54, 1.807) is 36.4 Å². The van der Waals surface area contributed by atoms with E-state index in [0.717, 1.165) is 16.8 Å². The summed E-state index contributed by atoms with van der Waals surface area (Å²) in [5.41, 5.74) is 3.21. The molecule has 1 aromatic heterocycles. The molecule has 3 aromatic carbocycles. The predicted octanol–water partition coefficient (Wildman–Crippen LogP) is 4.43. The maximum Gasteiger partial charge on any atom is 0.270 e. The molecule has 1 aliphatic rings. The molecule has 2 heterocycles. The number of non-ortho nitro benzene ring substituents is 1. The average molecular weight is 537 g/mol. The summed E-state index contributed by atoms with van der Waals surface area (Å²) in [5, 5.41) is 13.3. The van der Waals surface area contributed by atoms with Crippen molar-refractivity contribution >= 4 is 32.7 Å². The molecule has 9 nitrogen and oxygen atoms in total. The van der Waals surface area contributed by atoms with Crippen LogP contribution in [0.1, 0.15) is 5.56 Å². The van der Waals surface area contributed by atoms with Gasteiger partial charge in [0.1, 0.15) is 0 Å². The summed E-state index contributed by atoms with van der Waals surface area (Å²) >= 11 is 1.42. The number of morpholine rings is 1. The molecule has 5 rings (SSSR count). The van der Waals surface area contributed by atoms with Gasteiger partial charge in [0.25, 0.3) is 5.69 Å². The fourth-order valence-electron chi connectivity index (χ4n) is 4.09. The molecule has 0 radical (unpaired) electrons. The summed E-state index contributed by atoms with van der Waals surface area (Å²) in [7, 11) is -3.59. The largest absolute Gasteiger partial charge is 0.379 e. The monoisotopic (exact) mass is 536 g/mol. The number of thiazole rings is 1. The zero-order valence-corrected chi connectivity index (χ0v) is 21.4. The average Bonchev–Trinajstić information content (AvgIpc) is 3.32. The Morgan fingerprint density at radius 1 is 0.973 bits per heavy atom. The molecule has 0 amide bonds. The highest BCUT2D eigenvalue weighted by molar-refractivity contribution is 7.89. The third kappa shape index (κ3) is 5.54. The molecule has 0 atom stereocenters. The Balaban J connectivity index is 1.53. The van der Waals surface area contributed by atoms with Crippen LogP contribution < -0.4 is 4.80 Å². The number of hydrogen-bond acceptors (Lipinski definition) is 7. The highest BCUT2D eigenvalue weighted by atomic mass is 32.2. The Hall–Kier alpha value is -3.64.